The molecule has 1 aromatic heterocycles. The van der Waals surface area contributed by atoms with Gasteiger partial charge in [-0.25, -0.2) is 4.98 Å². The maximum absolute atomic E-state index is 13.1. The van der Waals surface area contributed by atoms with Crippen LogP contribution in [0.1, 0.15) is 34.6 Å². The Hall–Kier alpha value is -2.95. The molecule has 1 N–H and O–H groups in total. The average molecular weight is 330 g/mol. The Balaban J connectivity index is 1.45. The van der Waals surface area contributed by atoms with E-state index in [4.69, 9.17) is 0 Å². The van der Waals surface area contributed by atoms with Crippen LogP contribution in [0.4, 0.5) is 5.69 Å². The number of nitrogens with one attached hydrogen (secondary N) is 1. The van der Waals surface area contributed by atoms with E-state index in [-0.39, 0.29) is 11.3 Å². The number of para-hydroxylation sites is 1. The summed E-state index contributed by atoms with van der Waals surface area (Å²) in [6, 6.07) is 15.9. The zero-order valence-corrected chi connectivity index (χ0v) is 14.0. The SMILES string of the molecule is Cc1nc(-c2ccc(C(=O)N3CC4(CC4)c4ccccc43)cc2)n[nH]1. The number of aromatic amines is 1. The van der Waals surface area contributed by atoms with Crippen molar-refractivity contribution in [3.05, 3.63) is 65.5 Å². The minimum atomic E-state index is 0.0638. The van der Waals surface area contributed by atoms with Crippen LogP contribution in [0, 0.1) is 6.92 Å². The first-order valence-corrected chi connectivity index (χ1v) is 8.57. The molecule has 1 saturated carbocycles. The Bertz CT molecular complexity index is 969. The molecule has 1 fully saturated rings. The highest BCUT2D eigenvalue weighted by atomic mass is 16.2. The minimum Gasteiger partial charge on any atom is -0.307 e. The topological polar surface area (TPSA) is 61.9 Å². The molecule has 5 nitrogen and oxygen atoms in total. The van der Waals surface area contributed by atoms with Gasteiger partial charge in [0.1, 0.15) is 5.82 Å². The van der Waals surface area contributed by atoms with E-state index < -0.39 is 0 Å². The first-order chi connectivity index (χ1) is 12.2. The van der Waals surface area contributed by atoms with Gasteiger partial charge < -0.3 is 4.90 Å². The third kappa shape index (κ3) is 2.19. The molecular formula is C20H18N4O. The average Bonchev–Trinajstić information content (AvgIpc) is 3.18. The molecule has 1 spiro atoms. The maximum atomic E-state index is 13.1. The molecule has 3 aromatic rings. The monoisotopic (exact) mass is 330 g/mol. The van der Waals surface area contributed by atoms with E-state index >= 15 is 0 Å². The molecule has 0 bridgehead atoms. The minimum absolute atomic E-state index is 0.0638. The normalized spacial score (nSPS) is 16.9. The number of H-pyrrole nitrogens is 1. The van der Waals surface area contributed by atoms with Gasteiger partial charge >= 0.3 is 0 Å². The summed E-state index contributed by atoms with van der Waals surface area (Å²) in [5.41, 5.74) is 4.21. The fourth-order valence-electron chi connectivity index (χ4n) is 3.78. The van der Waals surface area contributed by atoms with Gasteiger partial charge in [-0.1, -0.05) is 30.3 Å². The third-order valence-electron chi connectivity index (χ3n) is 5.31. The molecule has 2 aromatic carbocycles. The summed E-state index contributed by atoms with van der Waals surface area (Å²) in [5.74, 6) is 1.49. The second-order valence-corrected chi connectivity index (χ2v) is 7.01. The molecule has 2 heterocycles. The van der Waals surface area contributed by atoms with Gasteiger partial charge in [0.05, 0.1) is 0 Å². The van der Waals surface area contributed by atoms with E-state index in [1.807, 2.05) is 42.2 Å². The fourth-order valence-corrected chi connectivity index (χ4v) is 3.78. The summed E-state index contributed by atoms with van der Waals surface area (Å²) in [5, 5.41) is 7.00. The molecule has 1 aliphatic carbocycles. The lowest BCUT2D eigenvalue weighted by atomic mass is 9.99. The van der Waals surface area contributed by atoms with E-state index in [9.17, 15) is 4.79 Å². The number of anilines is 1. The Kier molecular flexibility index (Phi) is 2.89. The number of aryl methyl sites for hydroxylation is 1. The van der Waals surface area contributed by atoms with Crippen LogP contribution < -0.4 is 4.90 Å². The molecule has 0 atom stereocenters. The lowest BCUT2D eigenvalue weighted by Gasteiger charge is -2.18. The van der Waals surface area contributed by atoms with Crippen LogP contribution in [0.25, 0.3) is 11.4 Å². The molecule has 1 aliphatic heterocycles. The molecule has 124 valence electrons. The Labute approximate surface area is 145 Å². The van der Waals surface area contributed by atoms with E-state index in [2.05, 4.69) is 33.4 Å². The van der Waals surface area contributed by atoms with Gasteiger partial charge in [-0.3, -0.25) is 9.89 Å². The molecule has 2 aliphatic rings. The summed E-state index contributed by atoms with van der Waals surface area (Å²) in [4.78, 5) is 19.3. The Morgan fingerprint density at radius 2 is 1.88 bits per heavy atom. The second-order valence-electron chi connectivity index (χ2n) is 7.01. The predicted octanol–water partition coefficient (Wildman–Crippen LogP) is 3.47. The Morgan fingerprint density at radius 3 is 2.56 bits per heavy atom. The molecule has 0 saturated heterocycles. The van der Waals surface area contributed by atoms with Crippen molar-refractivity contribution in [2.45, 2.75) is 25.2 Å². The number of benzene rings is 2. The van der Waals surface area contributed by atoms with E-state index in [0.29, 0.717) is 11.4 Å². The first-order valence-electron chi connectivity index (χ1n) is 8.57. The lowest BCUT2D eigenvalue weighted by Crippen LogP contribution is -2.31. The molecular weight excluding hydrogens is 312 g/mol. The maximum Gasteiger partial charge on any atom is 0.258 e. The molecule has 5 rings (SSSR count). The number of hydrogen-bond acceptors (Lipinski definition) is 3. The number of fused-ring (bicyclic) bond motifs is 2. The molecule has 0 radical (unpaired) electrons. The first kappa shape index (κ1) is 14.4. The van der Waals surface area contributed by atoms with Crippen molar-refractivity contribution in [2.24, 2.45) is 0 Å². The quantitative estimate of drug-likeness (QED) is 0.782. The Morgan fingerprint density at radius 1 is 1.12 bits per heavy atom. The number of carbonyl (C=O) groups excluding carboxylic acids is 1. The molecule has 5 heteroatoms. The highest BCUT2D eigenvalue weighted by Crippen LogP contribution is 2.56. The molecule has 25 heavy (non-hydrogen) atoms. The predicted molar refractivity (Wildman–Crippen MR) is 95.6 cm³/mol. The standard InChI is InChI=1S/C20H18N4O/c1-13-21-18(23-22-13)14-6-8-15(9-7-14)19(25)24-12-20(10-11-20)16-4-2-3-5-17(16)24/h2-9H,10-12H2,1H3,(H,21,22,23). The highest BCUT2D eigenvalue weighted by molar-refractivity contribution is 6.08. The van der Waals surface area contributed by atoms with Crippen molar-refractivity contribution in [2.75, 3.05) is 11.4 Å². The van der Waals surface area contributed by atoms with Crippen LogP contribution in [0.2, 0.25) is 0 Å². The van der Waals surface area contributed by atoms with Crippen LogP contribution in [-0.4, -0.2) is 27.6 Å². The van der Waals surface area contributed by atoms with Crippen molar-refractivity contribution >= 4 is 11.6 Å². The number of nitrogens with zero attached hydrogens (tertiary/aromatic N) is 3. The number of amides is 1. The summed E-state index contributed by atoms with van der Waals surface area (Å²) in [7, 11) is 0. The number of aromatic nitrogens is 3. The summed E-state index contributed by atoms with van der Waals surface area (Å²) in [6.07, 6.45) is 2.35. The van der Waals surface area contributed by atoms with Crippen LogP contribution in [0.3, 0.4) is 0 Å². The van der Waals surface area contributed by atoms with Crippen LogP contribution >= 0.6 is 0 Å². The van der Waals surface area contributed by atoms with E-state index in [1.54, 1.807) is 0 Å². The zero-order valence-electron chi connectivity index (χ0n) is 14.0. The lowest BCUT2D eigenvalue weighted by molar-refractivity contribution is 0.0987. The fraction of sp³-hybridized carbons (Fsp3) is 0.250. The van der Waals surface area contributed by atoms with Gasteiger partial charge in [0.2, 0.25) is 0 Å². The van der Waals surface area contributed by atoms with Crippen LogP contribution in [0.15, 0.2) is 48.5 Å². The number of hydrogen-bond donors (Lipinski definition) is 1. The van der Waals surface area contributed by atoms with Gasteiger partial charge in [0.25, 0.3) is 5.91 Å². The van der Waals surface area contributed by atoms with Gasteiger partial charge in [0.15, 0.2) is 5.82 Å². The second kappa shape index (κ2) is 5.02. The van der Waals surface area contributed by atoms with Gasteiger partial charge in [-0.15, -0.1) is 0 Å². The zero-order chi connectivity index (χ0) is 17.0. The van der Waals surface area contributed by atoms with Crippen molar-refractivity contribution in [1.82, 2.24) is 15.2 Å². The summed E-state index contributed by atoms with van der Waals surface area (Å²) >= 11 is 0. The summed E-state index contributed by atoms with van der Waals surface area (Å²) in [6.45, 7) is 2.67. The van der Waals surface area contributed by atoms with Crippen LogP contribution in [-0.2, 0) is 5.41 Å². The van der Waals surface area contributed by atoms with Crippen molar-refractivity contribution < 1.29 is 4.79 Å². The smallest absolute Gasteiger partial charge is 0.258 e. The molecule has 1 amide bonds. The molecule has 0 unspecified atom stereocenters. The van der Waals surface area contributed by atoms with Gasteiger partial charge in [0, 0.05) is 28.8 Å². The van der Waals surface area contributed by atoms with Crippen molar-refractivity contribution in [1.29, 1.82) is 0 Å². The van der Waals surface area contributed by atoms with Gasteiger partial charge in [-0.2, -0.15) is 5.10 Å². The third-order valence-corrected chi connectivity index (χ3v) is 5.31. The van der Waals surface area contributed by atoms with Gasteiger partial charge in [-0.05, 0) is 43.5 Å². The number of rotatable bonds is 2. The van der Waals surface area contributed by atoms with Crippen molar-refractivity contribution in [3.63, 3.8) is 0 Å². The highest BCUT2D eigenvalue weighted by Gasteiger charge is 2.52. The summed E-state index contributed by atoms with van der Waals surface area (Å²) < 4.78 is 0. The van der Waals surface area contributed by atoms with Crippen molar-refractivity contribution in [3.8, 4) is 11.4 Å². The largest absolute Gasteiger partial charge is 0.307 e. The number of carbonyl (C=O) groups is 1. The van der Waals surface area contributed by atoms with E-state index in [0.717, 1.165) is 23.6 Å². The van der Waals surface area contributed by atoms with Crippen LogP contribution in [0.5, 0.6) is 0 Å². The van der Waals surface area contributed by atoms with E-state index in [1.165, 1.54) is 18.4 Å².